The van der Waals surface area contributed by atoms with Crippen LogP contribution in [0.1, 0.15) is 66.2 Å². The van der Waals surface area contributed by atoms with Gasteiger partial charge >= 0.3 is 0 Å². The molecule has 0 aromatic rings. The van der Waals surface area contributed by atoms with Gasteiger partial charge in [0.1, 0.15) is 6.29 Å². The summed E-state index contributed by atoms with van der Waals surface area (Å²) in [5, 5.41) is 3.21. The first-order chi connectivity index (χ1) is 13.2. The van der Waals surface area contributed by atoms with Gasteiger partial charge in [0.05, 0.1) is 5.54 Å². The van der Waals surface area contributed by atoms with Gasteiger partial charge in [-0.15, -0.1) is 0 Å². The quantitative estimate of drug-likeness (QED) is 0.755. The highest BCUT2D eigenvalue weighted by Crippen LogP contribution is 2.64. The molecule has 1 aliphatic heterocycles. The van der Waals surface area contributed by atoms with Gasteiger partial charge < -0.3 is 15.0 Å². The maximum atomic E-state index is 12.0. The summed E-state index contributed by atoms with van der Waals surface area (Å²) in [5.74, 6) is 1.81. The van der Waals surface area contributed by atoms with E-state index in [9.17, 15) is 14.4 Å². The van der Waals surface area contributed by atoms with Gasteiger partial charge in [0.2, 0.25) is 12.3 Å². The van der Waals surface area contributed by atoms with E-state index in [1.807, 2.05) is 13.8 Å². The van der Waals surface area contributed by atoms with Crippen molar-refractivity contribution in [2.45, 2.75) is 83.8 Å². The summed E-state index contributed by atoms with van der Waals surface area (Å²) < 4.78 is 0. The lowest BCUT2D eigenvalue weighted by molar-refractivity contribution is -0.140. The number of rotatable bonds is 4. The molecular weight excluding hydrogens is 352 g/mol. The highest BCUT2D eigenvalue weighted by molar-refractivity contribution is 5.89. The molecule has 5 heteroatoms. The second-order valence-corrected chi connectivity index (χ2v) is 10.6. The van der Waals surface area contributed by atoms with Crippen molar-refractivity contribution >= 4 is 18.6 Å². The van der Waals surface area contributed by atoms with Crippen molar-refractivity contribution in [2.75, 3.05) is 0 Å². The summed E-state index contributed by atoms with van der Waals surface area (Å²) in [7, 11) is 0. The minimum atomic E-state index is -0.763. The van der Waals surface area contributed by atoms with Crippen LogP contribution in [0, 0.1) is 28.6 Å². The van der Waals surface area contributed by atoms with E-state index in [4.69, 9.17) is 0 Å². The predicted octanol–water partition coefficient (Wildman–Crippen LogP) is 3.09. The Morgan fingerprint density at radius 3 is 2.54 bits per heavy atom. The summed E-state index contributed by atoms with van der Waals surface area (Å²) in [4.78, 5) is 37.3. The van der Waals surface area contributed by atoms with Gasteiger partial charge in [-0.05, 0) is 81.6 Å². The summed E-state index contributed by atoms with van der Waals surface area (Å²) >= 11 is 0. The molecule has 5 nitrogen and oxygen atoms in total. The molecule has 7 atom stereocenters. The molecule has 0 saturated heterocycles. The Hall–Kier alpha value is -1.65. The number of carbonyl (C=O) groups is 3. The zero-order valence-electron chi connectivity index (χ0n) is 17.6. The first-order valence-electron chi connectivity index (χ1n) is 10.9. The van der Waals surface area contributed by atoms with Crippen LogP contribution in [0.2, 0.25) is 0 Å². The first-order valence-corrected chi connectivity index (χ1v) is 10.9. The summed E-state index contributed by atoms with van der Waals surface area (Å²) in [6.07, 6.45) is 12.2. The van der Waals surface area contributed by atoms with Gasteiger partial charge in [0.15, 0.2) is 0 Å². The molecule has 1 N–H and O–H groups in total. The van der Waals surface area contributed by atoms with E-state index in [0.717, 1.165) is 51.2 Å². The first kappa shape index (κ1) is 19.7. The molecule has 28 heavy (non-hydrogen) atoms. The molecule has 2 unspecified atom stereocenters. The van der Waals surface area contributed by atoms with Gasteiger partial charge in [-0.2, -0.15) is 0 Å². The molecule has 154 valence electrons. The van der Waals surface area contributed by atoms with Crippen LogP contribution in [0.5, 0.6) is 0 Å². The minimum Gasteiger partial charge on any atom is -0.349 e. The van der Waals surface area contributed by atoms with Crippen molar-refractivity contribution in [3.8, 4) is 0 Å². The maximum absolute atomic E-state index is 12.0. The van der Waals surface area contributed by atoms with E-state index in [1.165, 1.54) is 0 Å². The van der Waals surface area contributed by atoms with Crippen LogP contribution in [0.3, 0.4) is 0 Å². The molecule has 4 rings (SSSR count). The van der Waals surface area contributed by atoms with Crippen LogP contribution >= 0.6 is 0 Å². The second kappa shape index (κ2) is 6.43. The Bertz CT molecular complexity index is 717. The number of fused-ring (bicyclic) bond motifs is 5. The van der Waals surface area contributed by atoms with Gasteiger partial charge in [-0.1, -0.05) is 19.9 Å². The number of nitrogens with zero attached hydrogens (tertiary/aromatic N) is 1. The summed E-state index contributed by atoms with van der Waals surface area (Å²) in [5.41, 5.74) is -0.670. The Labute approximate surface area is 168 Å². The van der Waals surface area contributed by atoms with Crippen LogP contribution in [-0.2, 0) is 14.4 Å². The number of hydrogen-bond donors (Lipinski definition) is 1. The van der Waals surface area contributed by atoms with Crippen molar-refractivity contribution in [3.63, 3.8) is 0 Å². The number of nitrogens with one attached hydrogen (secondary N) is 1. The lowest BCUT2D eigenvalue weighted by Gasteiger charge is -2.59. The van der Waals surface area contributed by atoms with Gasteiger partial charge in [-0.3, -0.25) is 9.59 Å². The Kier molecular flexibility index (Phi) is 4.51. The lowest BCUT2D eigenvalue weighted by Crippen LogP contribution is -2.61. The lowest BCUT2D eigenvalue weighted by atomic mass is 9.48. The molecular formula is C23H34N2O3. The molecule has 0 aromatic heterocycles. The fraction of sp³-hybridized carbons (Fsp3) is 0.783. The van der Waals surface area contributed by atoms with E-state index in [1.54, 1.807) is 11.0 Å². The zero-order valence-corrected chi connectivity index (χ0v) is 17.6. The molecule has 0 aromatic carbocycles. The van der Waals surface area contributed by atoms with E-state index in [2.05, 4.69) is 25.2 Å². The third kappa shape index (κ3) is 2.61. The highest BCUT2D eigenvalue weighted by Gasteiger charge is 2.61. The topological polar surface area (TPSA) is 66.5 Å². The number of hydrogen-bond acceptors (Lipinski definition) is 3. The standard InChI is InChI=1S/C23H34N2O3/c1-21(2,13-26)25(14-27)19-8-6-16-15-5-7-18-22(3,12-10-20(28)24-18)17(15)9-11-23(16,19)4/h10,12-19H,5-9,11H2,1-4H3,(H,24,28)/t15-,16-,17+,18?,19?,22+,23-/m0/s1. The Morgan fingerprint density at radius 1 is 1.11 bits per heavy atom. The number of aldehydes is 1. The molecule has 0 spiro atoms. The molecule has 1 heterocycles. The van der Waals surface area contributed by atoms with Crippen LogP contribution in [0.25, 0.3) is 0 Å². The second-order valence-electron chi connectivity index (χ2n) is 10.6. The largest absolute Gasteiger partial charge is 0.349 e. The normalized spacial score (nSPS) is 44.7. The van der Waals surface area contributed by atoms with Crippen molar-refractivity contribution in [1.82, 2.24) is 10.2 Å². The van der Waals surface area contributed by atoms with Crippen molar-refractivity contribution < 1.29 is 14.4 Å². The molecule has 3 saturated carbocycles. The molecule has 3 fully saturated rings. The van der Waals surface area contributed by atoms with Gasteiger partial charge in [0.25, 0.3) is 0 Å². The van der Waals surface area contributed by atoms with Crippen LogP contribution in [0.4, 0.5) is 0 Å². The average Bonchev–Trinajstić information content (AvgIpc) is 3.00. The van der Waals surface area contributed by atoms with E-state index in [0.29, 0.717) is 17.8 Å². The highest BCUT2D eigenvalue weighted by atomic mass is 16.2. The van der Waals surface area contributed by atoms with Gasteiger partial charge in [-0.25, -0.2) is 0 Å². The number of carbonyl (C=O) groups excluding carboxylic acids is 3. The van der Waals surface area contributed by atoms with E-state index in [-0.39, 0.29) is 28.8 Å². The van der Waals surface area contributed by atoms with Crippen molar-refractivity contribution in [1.29, 1.82) is 0 Å². The molecule has 0 radical (unpaired) electrons. The van der Waals surface area contributed by atoms with Gasteiger partial charge in [0, 0.05) is 17.5 Å². The third-order valence-electron chi connectivity index (χ3n) is 9.04. The Balaban J connectivity index is 1.64. The molecule has 2 amide bonds. The SMILES string of the molecule is CC(C)(C=O)N(C=O)C1CC[C@H]2[C@@H]3CCC4NC(=O)C=C[C@]4(C)[C@@H]3CC[C@]12C. The summed E-state index contributed by atoms with van der Waals surface area (Å²) in [6, 6.07) is 0.372. The van der Waals surface area contributed by atoms with Crippen LogP contribution < -0.4 is 5.32 Å². The predicted molar refractivity (Wildman–Crippen MR) is 107 cm³/mol. The van der Waals surface area contributed by atoms with E-state index >= 15 is 0 Å². The minimum absolute atomic E-state index is 0.0304. The third-order valence-corrected chi connectivity index (χ3v) is 9.04. The van der Waals surface area contributed by atoms with Crippen LogP contribution in [-0.4, -0.2) is 41.1 Å². The smallest absolute Gasteiger partial charge is 0.243 e. The summed E-state index contributed by atoms with van der Waals surface area (Å²) in [6.45, 7) is 8.37. The van der Waals surface area contributed by atoms with Crippen molar-refractivity contribution in [2.24, 2.45) is 28.6 Å². The molecule has 4 aliphatic rings. The molecule has 3 aliphatic carbocycles. The van der Waals surface area contributed by atoms with Crippen LogP contribution in [0.15, 0.2) is 12.2 Å². The van der Waals surface area contributed by atoms with E-state index < -0.39 is 5.54 Å². The zero-order chi connectivity index (χ0) is 20.3. The monoisotopic (exact) mass is 386 g/mol. The fourth-order valence-electron chi connectivity index (χ4n) is 7.43. The molecule has 0 bridgehead atoms. The maximum Gasteiger partial charge on any atom is 0.243 e. The number of amides is 2. The fourth-order valence-corrected chi connectivity index (χ4v) is 7.43. The Morgan fingerprint density at radius 2 is 1.86 bits per heavy atom. The average molecular weight is 387 g/mol. The van der Waals surface area contributed by atoms with Crippen molar-refractivity contribution in [3.05, 3.63) is 12.2 Å².